The number of anilines is 1. The number of unbranched alkanes of at least 4 members (excludes halogenated alkanes) is 2. The predicted octanol–water partition coefficient (Wildman–Crippen LogP) is 3.62. The number of hydrogen-bond acceptors (Lipinski definition) is 5. The third kappa shape index (κ3) is 5.78. The molecule has 0 aliphatic heterocycles. The van der Waals surface area contributed by atoms with E-state index in [0.717, 1.165) is 12.8 Å². The van der Waals surface area contributed by atoms with Crippen molar-refractivity contribution < 1.29 is 13.2 Å². The fourth-order valence-corrected chi connectivity index (χ4v) is 4.29. The predicted molar refractivity (Wildman–Crippen MR) is 100 cm³/mol. The van der Waals surface area contributed by atoms with E-state index < -0.39 is 15.9 Å². The fraction of sp³-hybridized carbons (Fsp3) is 0.375. The molecular formula is C16H20ClN3O3S2. The van der Waals surface area contributed by atoms with E-state index in [4.69, 9.17) is 11.6 Å². The average Bonchev–Trinajstić information content (AvgIpc) is 3.07. The van der Waals surface area contributed by atoms with Crippen LogP contribution in [-0.4, -0.2) is 36.7 Å². The third-order valence-corrected chi connectivity index (χ3v) is 6.26. The number of carbonyl (C=O) groups excluding carboxylic acids is 1. The second-order valence-electron chi connectivity index (χ2n) is 5.39. The number of halogens is 1. The lowest BCUT2D eigenvalue weighted by atomic mass is 10.2. The van der Waals surface area contributed by atoms with Gasteiger partial charge in [-0.15, -0.1) is 11.3 Å². The number of nitrogens with zero attached hydrogens (tertiary/aromatic N) is 2. The van der Waals surface area contributed by atoms with E-state index in [9.17, 15) is 13.2 Å². The highest BCUT2D eigenvalue weighted by Gasteiger charge is 2.26. The molecule has 0 aliphatic carbocycles. The quantitative estimate of drug-likeness (QED) is 0.651. The molecule has 0 unspecified atom stereocenters. The maximum Gasteiger partial charge on any atom is 0.243 e. The summed E-state index contributed by atoms with van der Waals surface area (Å²) in [5, 5.41) is 5.26. The zero-order valence-corrected chi connectivity index (χ0v) is 16.2. The normalized spacial score (nSPS) is 11.6. The van der Waals surface area contributed by atoms with Crippen molar-refractivity contribution in [2.75, 3.05) is 18.4 Å². The molecule has 6 nitrogen and oxygen atoms in total. The van der Waals surface area contributed by atoms with E-state index in [1.807, 2.05) is 6.92 Å². The lowest BCUT2D eigenvalue weighted by molar-refractivity contribution is -0.116. The van der Waals surface area contributed by atoms with Crippen LogP contribution in [0.25, 0.3) is 0 Å². The van der Waals surface area contributed by atoms with Gasteiger partial charge in [0.1, 0.15) is 0 Å². The minimum Gasteiger partial charge on any atom is -0.301 e. The van der Waals surface area contributed by atoms with Gasteiger partial charge in [0.25, 0.3) is 0 Å². The van der Waals surface area contributed by atoms with Crippen LogP contribution in [0, 0.1) is 0 Å². The molecule has 1 aromatic heterocycles. The van der Waals surface area contributed by atoms with Crippen molar-refractivity contribution >= 4 is 44.0 Å². The summed E-state index contributed by atoms with van der Waals surface area (Å²) >= 11 is 7.11. The Bertz CT molecular complexity index is 777. The molecular weight excluding hydrogens is 382 g/mol. The van der Waals surface area contributed by atoms with Crippen molar-refractivity contribution in [1.29, 1.82) is 0 Å². The van der Waals surface area contributed by atoms with E-state index in [0.29, 0.717) is 16.6 Å². The second kappa shape index (κ2) is 9.28. The molecule has 0 aliphatic rings. The molecule has 0 bridgehead atoms. The largest absolute Gasteiger partial charge is 0.301 e. The van der Waals surface area contributed by atoms with Gasteiger partial charge in [-0.3, -0.25) is 4.79 Å². The summed E-state index contributed by atoms with van der Waals surface area (Å²) in [6, 6.07) is 5.94. The molecule has 0 atom stereocenters. The summed E-state index contributed by atoms with van der Waals surface area (Å²) in [5.74, 6) is -0.413. The second-order valence-corrected chi connectivity index (χ2v) is 8.65. The van der Waals surface area contributed by atoms with E-state index in [-0.39, 0.29) is 18.0 Å². The molecule has 1 aromatic carbocycles. The molecule has 0 saturated carbocycles. The Kier molecular flexibility index (Phi) is 7.37. The Balaban J connectivity index is 2.15. The van der Waals surface area contributed by atoms with Gasteiger partial charge in [0.05, 0.1) is 11.4 Å². The van der Waals surface area contributed by atoms with E-state index in [2.05, 4.69) is 10.3 Å². The number of carbonyl (C=O) groups is 1. The number of benzene rings is 1. The van der Waals surface area contributed by atoms with Crippen LogP contribution in [0.2, 0.25) is 5.02 Å². The molecule has 0 saturated heterocycles. The highest BCUT2D eigenvalue weighted by atomic mass is 35.5. The number of nitrogens with one attached hydrogen (secondary N) is 1. The summed E-state index contributed by atoms with van der Waals surface area (Å²) in [5.41, 5.74) is 0. The summed E-state index contributed by atoms with van der Waals surface area (Å²) in [7, 11) is -3.78. The summed E-state index contributed by atoms with van der Waals surface area (Å²) in [6.07, 6.45) is 4.11. The summed E-state index contributed by atoms with van der Waals surface area (Å²) in [6.45, 7) is 2.06. The highest BCUT2D eigenvalue weighted by Crippen LogP contribution is 2.19. The zero-order chi connectivity index (χ0) is 18.3. The molecule has 136 valence electrons. The van der Waals surface area contributed by atoms with Crippen LogP contribution in [0.3, 0.4) is 0 Å². The van der Waals surface area contributed by atoms with Crippen LogP contribution >= 0.6 is 22.9 Å². The van der Waals surface area contributed by atoms with Crippen molar-refractivity contribution in [3.05, 3.63) is 40.9 Å². The van der Waals surface area contributed by atoms with Crippen molar-refractivity contribution in [2.24, 2.45) is 0 Å². The maximum absolute atomic E-state index is 12.9. The number of aromatic nitrogens is 1. The van der Waals surface area contributed by atoms with Gasteiger partial charge in [0.15, 0.2) is 5.13 Å². The van der Waals surface area contributed by atoms with Gasteiger partial charge in [0.2, 0.25) is 15.9 Å². The first-order chi connectivity index (χ1) is 11.9. The zero-order valence-electron chi connectivity index (χ0n) is 13.8. The van der Waals surface area contributed by atoms with Crippen LogP contribution in [0.5, 0.6) is 0 Å². The number of hydrogen-bond donors (Lipinski definition) is 1. The van der Waals surface area contributed by atoms with Gasteiger partial charge in [-0.05, 0) is 30.7 Å². The van der Waals surface area contributed by atoms with Crippen LogP contribution < -0.4 is 5.32 Å². The first kappa shape index (κ1) is 19.8. The summed E-state index contributed by atoms with van der Waals surface area (Å²) in [4.78, 5) is 16.3. The Morgan fingerprint density at radius 2 is 2.00 bits per heavy atom. The Labute approximate surface area is 156 Å². The number of rotatable bonds is 9. The minimum absolute atomic E-state index is 0.121. The van der Waals surface area contributed by atoms with Crippen molar-refractivity contribution in [1.82, 2.24) is 9.29 Å². The van der Waals surface area contributed by atoms with Gasteiger partial charge >= 0.3 is 0 Å². The van der Waals surface area contributed by atoms with Crippen LogP contribution in [0.15, 0.2) is 40.7 Å². The lowest BCUT2D eigenvalue weighted by Gasteiger charge is -2.21. The van der Waals surface area contributed by atoms with Crippen molar-refractivity contribution in [3.63, 3.8) is 0 Å². The molecule has 2 aromatic rings. The molecule has 1 amide bonds. The topological polar surface area (TPSA) is 79.4 Å². The number of sulfonamides is 1. The van der Waals surface area contributed by atoms with Gasteiger partial charge in [0, 0.05) is 23.1 Å². The number of amides is 1. The number of thiazole rings is 1. The summed E-state index contributed by atoms with van der Waals surface area (Å²) < 4.78 is 26.9. The molecule has 25 heavy (non-hydrogen) atoms. The Morgan fingerprint density at radius 3 is 2.60 bits per heavy atom. The van der Waals surface area contributed by atoms with Crippen molar-refractivity contribution in [3.8, 4) is 0 Å². The molecule has 1 heterocycles. The van der Waals surface area contributed by atoms with Crippen LogP contribution in [-0.2, 0) is 14.8 Å². The molecule has 0 radical (unpaired) electrons. The van der Waals surface area contributed by atoms with Crippen LogP contribution in [0.4, 0.5) is 5.13 Å². The van der Waals surface area contributed by atoms with E-state index >= 15 is 0 Å². The maximum atomic E-state index is 12.9. The lowest BCUT2D eigenvalue weighted by Crippen LogP contribution is -2.38. The van der Waals surface area contributed by atoms with Crippen molar-refractivity contribution in [2.45, 2.75) is 31.1 Å². The van der Waals surface area contributed by atoms with Gasteiger partial charge in [-0.1, -0.05) is 31.4 Å². The highest BCUT2D eigenvalue weighted by molar-refractivity contribution is 7.89. The van der Waals surface area contributed by atoms with Gasteiger partial charge in [-0.2, -0.15) is 4.31 Å². The first-order valence-corrected chi connectivity index (χ1v) is 10.6. The standard InChI is InChI=1S/C16H20ClN3O3S2/c1-2-3-4-10-20(12-15(21)19-16-18-9-11-24-16)25(22,23)14-7-5-13(17)6-8-14/h5-9,11H,2-4,10,12H2,1H3,(H,18,19,21). The fourth-order valence-electron chi connectivity index (χ4n) is 2.18. The van der Waals surface area contributed by atoms with Gasteiger partial charge < -0.3 is 5.32 Å². The SMILES string of the molecule is CCCCCN(CC(=O)Nc1nccs1)S(=O)(=O)c1ccc(Cl)cc1. The molecule has 0 fully saturated rings. The smallest absolute Gasteiger partial charge is 0.243 e. The molecule has 9 heteroatoms. The molecule has 2 rings (SSSR count). The molecule has 1 N–H and O–H groups in total. The Hall–Kier alpha value is -1.48. The average molecular weight is 402 g/mol. The molecule has 0 spiro atoms. The first-order valence-electron chi connectivity index (χ1n) is 7.88. The Morgan fingerprint density at radius 1 is 1.28 bits per heavy atom. The van der Waals surface area contributed by atoms with E-state index in [1.165, 1.54) is 39.9 Å². The minimum atomic E-state index is -3.78. The monoisotopic (exact) mass is 401 g/mol. The van der Waals surface area contributed by atoms with Gasteiger partial charge in [-0.25, -0.2) is 13.4 Å². The van der Waals surface area contributed by atoms with Crippen LogP contribution in [0.1, 0.15) is 26.2 Å². The van der Waals surface area contributed by atoms with E-state index in [1.54, 1.807) is 11.6 Å². The third-order valence-electron chi connectivity index (χ3n) is 3.46.